The Morgan fingerprint density at radius 2 is 0.268 bits per heavy atom. The fourth-order valence-electron chi connectivity index (χ4n) is 10.3. The van der Waals surface area contributed by atoms with Gasteiger partial charge in [0.15, 0.2) is 0 Å². The van der Waals surface area contributed by atoms with Gasteiger partial charge in [-0.3, -0.25) is 0 Å². The first-order chi connectivity index (χ1) is 54.2. The topological polar surface area (TPSA) is 0 Å². The minimum atomic E-state index is -8.08. The first-order valence-corrected chi connectivity index (χ1v) is 34.8. The van der Waals surface area contributed by atoms with Gasteiger partial charge in [-0.2, -0.15) is 228 Å². The van der Waals surface area contributed by atoms with Crippen LogP contribution < -0.4 is 31.8 Å². The zero-order valence-corrected chi connectivity index (χ0v) is 62.6. The van der Waals surface area contributed by atoms with Gasteiger partial charge < -0.3 is 0 Å². The van der Waals surface area contributed by atoms with E-state index in [1.54, 1.807) is 0 Å². The molecule has 0 aliphatic rings. The number of hydrogen-bond donors (Lipinski definition) is 0. The summed E-state index contributed by atoms with van der Waals surface area (Å²) in [5.41, 5.74) is -1.85. The molecule has 6 aromatic rings. The molecule has 0 amide bonds. The maximum absolute atomic E-state index is 14.3. The Morgan fingerprint density at radius 1 is 0.146 bits per heavy atom. The van der Waals surface area contributed by atoms with Crippen LogP contribution in [0.1, 0.15) is 47.9 Å². The van der Waals surface area contributed by atoms with E-state index in [1.165, 1.54) is 60.7 Å². The fraction of sp³-hybridized carbons (Fsp3) is 0.471. The molecule has 698 valence electrons. The number of alkyl halides is 52. The van der Waals surface area contributed by atoms with Crippen molar-refractivity contribution in [2.24, 2.45) is 0 Å². The van der Waals surface area contributed by atoms with Crippen molar-refractivity contribution in [1.29, 1.82) is 0 Å². The molecule has 0 spiro atoms. The molecule has 6 aromatic carbocycles. The van der Waals surface area contributed by atoms with E-state index in [0.29, 0.717) is 10.6 Å². The van der Waals surface area contributed by atoms with E-state index in [4.69, 9.17) is 0 Å². The van der Waals surface area contributed by atoms with Crippen molar-refractivity contribution < 1.29 is 249 Å². The predicted octanol–water partition coefficient (Wildman–Crippen LogP) is 25.6. The summed E-state index contributed by atoms with van der Waals surface area (Å²) in [6.07, 6.45) is -46.1. The molecule has 0 atom stereocenters. The zero-order chi connectivity index (χ0) is 95.0. The van der Waals surface area contributed by atoms with Gasteiger partial charge in [0, 0.05) is 46.7 Å². The van der Waals surface area contributed by atoms with Crippen molar-refractivity contribution >= 4 is 47.7 Å². The molecule has 123 heavy (non-hydrogen) atoms. The third-order valence-corrected chi connectivity index (χ3v) is 22.6. The van der Waals surface area contributed by atoms with E-state index >= 15 is 0 Å². The van der Waals surface area contributed by atoms with E-state index < -0.39 is 233 Å². The van der Waals surface area contributed by atoms with Crippen LogP contribution in [0.3, 0.4) is 0 Å². The normalized spacial score (nSPS) is 15.0. The van der Waals surface area contributed by atoms with Gasteiger partial charge in [-0.15, -0.1) is 0 Å². The van der Waals surface area contributed by atoms with Crippen molar-refractivity contribution in [3.63, 3.8) is 0 Å². The molecular weight excluding hydrogens is 2060 g/mol. The molecule has 0 bridgehead atoms. The quantitative estimate of drug-likeness (QED) is 0.0279. The van der Waals surface area contributed by atoms with Gasteiger partial charge in [-0.1, -0.05) is 158 Å². The Morgan fingerprint density at radius 3 is 0.398 bits per heavy atom. The Bertz CT molecular complexity index is 3910. The summed E-state index contributed by atoms with van der Waals surface area (Å²) < 4.78 is 700. The third-order valence-electron chi connectivity index (χ3n) is 17.7. The molecule has 6 rings (SSSR count). The van der Waals surface area contributed by atoms with E-state index in [9.17, 15) is 228 Å². The van der Waals surface area contributed by atoms with E-state index in [0.717, 1.165) is 97.1 Å². The van der Waals surface area contributed by atoms with Gasteiger partial charge in [-0.05, 0) is 95.6 Å². The summed E-state index contributed by atoms with van der Waals surface area (Å²) in [5, 5.41) is 1.43. The van der Waals surface area contributed by atoms with Crippen LogP contribution in [0.5, 0.6) is 0 Å². The fourth-order valence-corrected chi connectivity index (χ4v) is 14.9. The zero-order valence-electron chi connectivity index (χ0n) is 58.5. The number of hydrogen-bond acceptors (Lipinski definition) is 0. The minimum absolute atomic E-state index is 0. The molecule has 0 aromatic heterocycles. The molecule has 0 saturated carbocycles. The van der Waals surface area contributed by atoms with Gasteiger partial charge in [-0.25, -0.2) is 0 Å². The van der Waals surface area contributed by atoms with Crippen LogP contribution in [-0.4, -0.2) is 143 Å². The second kappa shape index (κ2) is 35.0. The Hall–Kier alpha value is -6.77. The van der Waals surface area contributed by atoms with Crippen LogP contribution in [0.4, 0.5) is 228 Å². The molecule has 0 heterocycles. The van der Waals surface area contributed by atoms with Crippen LogP contribution in [0.15, 0.2) is 158 Å². The number of benzene rings is 6. The molecule has 0 fully saturated rings. The van der Waals surface area contributed by atoms with Crippen molar-refractivity contribution in [2.45, 2.75) is 195 Å². The molecule has 55 heteroatoms. The van der Waals surface area contributed by atoms with E-state index in [1.807, 2.05) is 0 Å². The Balaban J connectivity index is 0.000000512. The molecule has 0 radical (unpaired) electrons. The maximum Gasteiger partial charge on any atom is 0.460 e. The number of aryl methyl sites for hydroxylation is 4. The number of rotatable bonds is 34. The summed E-state index contributed by atoms with van der Waals surface area (Å²) in [6, 6.07) is 30.1. The second-order valence-electron chi connectivity index (χ2n) is 26.0. The largest absolute Gasteiger partial charge is 0.460 e. The van der Waals surface area contributed by atoms with Crippen LogP contribution in [-0.2, 0) is 46.7 Å². The van der Waals surface area contributed by atoms with Gasteiger partial charge in [0.2, 0.25) is 0 Å². The molecule has 0 aliphatic carbocycles. The first kappa shape index (κ1) is 109. The van der Waals surface area contributed by atoms with Crippen LogP contribution in [0.25, 0.3) is 0 Å². The molecule has 0 unspecified atom stereocenters. The van der Waals surface area contributed by atoms with Crippen LogP contribution in [0.2, 0.25) is 0 Å². The summed E-state index contributed by atoms with van der Waals surface area (Å²) in [4.78, 5) is 0. The molecule has 0 nitrogen and oxygen atoms in total. The van der Waals surface area contributed by atoms with Gasteiger partial charge in [0.05, 0.1) is 0 Å². The molecule has 0 saturated heterocycles. The molecule has 0 aliphatic heterocycles. The van der Waals surface area contributed by atoms with Crippen molar-refractivity contribution in [3.8, 4) is 0 Å². The van der Waals surface area contributed by atoms with Crippen LogP contribution in [0, 0.1) is 0 Å². The Labute approximate surface area is 669 Å². The summed E-state index contributed by atoms with van der Waals surface area (Å²) in [7, 11) is -3.80. The molecule has 0 N–H and O–H groups in total. The SMILES string of the molecule is FC(F)(F)C(F)(F)C(F)(F)C(F)(F)C(F)(F)C(F)(F)CCc1ccc(P(c2ccccc2)c2ccc(CCC(F)(F)C(F)(F)C(F)(F)C(F)(F)C(F)(F)C(F)(F)F)cc2)cc1.FC(F)(F)C(F)(F)C(F)(F)C(F)(F)C(F)(F)C(F)(F)CCc1ccc(P(c2ccccc2)c2ccc(CCC(F)(F)C(F)(F)C(F)(F)C(F)(F)C(F)(F)C(F)(F)F)cc2)cc1.[Pt]. The minimum Gasteiger partial charge on any atom is -0.200 e. The van der Waals surface area contributed by atoms with Crippen molar-refractivity contribution in [3.05, 3.63) is 180 Å². The average Bonchev–Trinajstić information content (AvgIpc) is 0.725. The second-order valence-corrected chi connectivity index (χ2v) is 30.4. The third kappa shape index (κ3) is 19.2. The van der Waals surface area contributed by atoms with Gasteiger partial charge >= 0.3 is 143 Å². The predicted molar refractivity (Wildman–Crippen MR) is 327 cm³/mol. The first-order valence-electron chi connectivity index (χ1n) is 32.1. The van der Waals surface area contributed by atoms with E-state index in [2.05, 4.69) is 0 Å². The standard InChI is InChI=1S/2C34H21F26P.Pt/c2*35-23(36,25(39,40)27(43,44)29(47,48)31(51,52)33(55,56)57)16-14-18-6-10-21(11-7-18)61(20-4-2-1-3-5-20)22-12-8-19(9-13-22)15-17-24(37,38)26(41,42)28(45,46)30(49,50)32(53,54)34(58,59)60;/h2*1-13H,14-17H2;. The van der Waals surface area contributed by atoms with Crippen LogP contribution >= 0.6 is 15.8 Å². The smallest absolute Gasteiger partial charge is 0.200 e. The van der Waals surface area contributed by atoms with Crippen molar-refractivity contribution in [2.75, 3.05) is 0 Å². The van der Waals surface area contributed by atoms with Gasteiger partial charge in [0.1, 0.15) is 0 Å². The Kier molecular flexibility index (Phi) is 30.9. The summed E-state index contributed by atoms with van der Waals surface area (Å²) in [5.74, 6) is -151. The van der Waals surface area contributed by atoms with Crippen molar-refractivity contribution in [1.82, 2.24) is 0 Å². The maximum atomic E-state index is 14.3. The molecular formula is C68H42F52P2Pt. The monoisotopic (exact) mass is 2100 g/mol. The van der Waals surface area contributed by atoms with E-state index in [-0.39, 0.29) is 42.3 Å². The summed E-state index contributed by atoms with van der Waals surface area (Å²) >= 11 is 0. The number of halogens is 52. The summed E-state index contributed by atoms with van der Waals surface area (Å²) in [6.45, 7) is 0. The average molecular weight is 2100 g/mol. The van der Waals surface area contributed by atoms with Gasteiger partial charge in [0.25, 0.3) is 0 Å².